The molecule has 1 N–H and O–H groups in total. The van der Waals surface area contributed by atoms with Crippen molar-refractivity contribution in [2.24, 2.45) is 0 Å². The zero-order chi connectivity index (χ0) is 16.3. The number of para-hydroxylation sites is 1. The molecular weight excluding hydrogens is 318 g/mol. The highest BCUT2D eigenvalue weighted by molar-refractivity contribution is 7.91. The Balaban J connectivity index is 1.62. The van der Waals surface area contributed by atoms with Gasteiger partial charge in [0.15, 0.2) is 15.6 Å². The Morgan fingerprint density at radius 3 is 2.74 bits per heavy atom. The summed E-state index contributed by atoms with van der Waals surface area (Å²) in [5, 5.41) is 2.71. The Morgan fingerprint density at radius 2 is 2.04 bits per heavy atom. The first-order valence-corrected chi connectivity index (χ1v) is 9.11. The minimum atomic E-state index is -3.04. The minimum Gasteiger partial charge on any atom is -0.489 e. The molecule has 0 aliphatic carbocycles. The smallest absolute Gasteiger partial charge is 0.287 e. The van der Waals surface area contributed by atoms with Crippen molar-refractivity contribution in [2.45, 2.75) is 19.1 Å². The van der Waals surface area contributed by atoms with Crippen LogP contribution in [0, 0.1) is 0 Å². The second kappa shape index (κ2) is 6.45. The molecule has 1 amide bonds. The molecule has 1 aliphatic rings. The van der Waals surface area contributed by atoms with Gasteiger partial charge < -0.3 is 14.5 Å². The van der Waals surface area contributed by atoms with Crippen LogP contribution in [0.15, 0.2) is 47.1 Å². The number of sulfone groups is 1. The average Bonchev–Trinajstić information content (AvgIpc) is 3.12. The predicted octanol–water partition coefficient (Wildman–Crippen LogP) is 1.78. The Bertz CT molecular complexity index is 782. The summed E-state index contributed by atoms with van der Waals surface area (Å²) in [7, 11) is -3.04. The van der Waals surface area contributed by atoms with E-state index in [0.29, 0.717) is 17.7 Å². The van der Waals surface area contributed by atoms with Gasteiger partial charge in [0, 0.05) is 11.6 Å². The highest BCUT2D eigenvalue weighted by Crippen LogP contribution is 2.17. The normalized spacial score (nSPS) is 19.4. The molecule has 2 heterocycles. The van der Waals surface area contributed by atoms with Gasteiger partial charge in [0.25, 0.3) is 5.91 Å². The van der Waals surface area contributed by atoms with E-state index in [1.54, 1.807) is 6.07 Å². The van der Waals surface area contributed by atoms with Gasteiger partial charge in [0.1, 0.15) is 12.4 Å². The van der Waals surface area contributed by atoms with Crippen molar-refractivity contribution < 1.29 is 22.4 Å². The fourth-order valence-electron chi connectivity index (χ4n) is 2.49. The maximum Gasteiger partial charge on any atom is 0.287 e. The summed E-state index contributed by atoms with van der Waals surface area (Å²) < 4.78 is 33.7. The molecule has 1 saturated heterocycles. The molecule has 3 rings (SSSR count). The third-order valence-electron chi connectivity index (χ3n) is 3.66. The highest BCUT2D eigenvalue weighted by atomic mass is 32.2. The van der Waals surface area contributed by atoms with Gasteiger partial charge in [-0.2, -0.15) is 0 Å². The summed E-state index contributed by atoms with van der Waals surface area (Å²) in [6.07, 6.45) is 1.86. The van der Waals surface area contributed by atoms with Crippen LogP contribution in [0.4, 0.5) is 0 Å². The second-order valence-corrected chi connectivity index (χ2v) is 7.68. The number of amides is 1. The Morgan fingerprint density at radius 1 is 1.26 bits per heavy atom. The van der Waals surface area contributed by atoms with Crippen molar-refractivity contribution >= 4 is 15.7 Å². The largest absolute Gasteiger partial charge is 0.489 e. The van der Waals surface area contributed by atoms with E-state index >= 15 is 0 Å². The minimum absolute atomic E-state index is 0.0186. The van der Waals surface area contributed by atoms with Crippen molar-refractivity contribution in [1.29, 1.82) is 0 Å². The van der Waals surface area contributed by atoms with E-state index in [4.69, 9.17) is 9.15 Å². The molecule has 1 fully saturated rings. The van der Waals surface area contributed by atoms with Gasteiger partial charge in [-0.15, -0.1) is 0 Å². The highest BCUT2D eigenvalue weighted by Gasteiger charge is 2.30. The lowest BCUT2D eigenvalue weighted by molar-refractivity contribution is 0.0909. The summed E-state index contributed by atoms with van der Waals surface area (Å²) in [6.45, 7) is 0.201. The van der Waals surface area contributed by atoms with Crippen LogP contribution in [-0.4, -0.2) is 31.9 Å². The van der Waals surface area contributed by atoms with Gasteiger partial charge in [-0.3, -0.25) is 4.79 Å². The molecule has 0 unspecified atom stereocenters. The number of furan rings is 1. The van der Waals surface area contributed by atoms with Crippen LogP contribution in [0.3, 0.4) is 0 Å². The molecule has 1 aromatic carbocycles. The number of nitrogens with one attached hydrogen (secondary N) is 1. The van der Waals surface area contributed by atoms with Gasteiger partial charge >= 0.3 is 0 Å². The van der Waals surface area contributed by atoms with Crippen LogP contribution in [0.25, 0.3) is 0 Å². The number of hydrogen-bond donors (Lipinski definition) is 1. The second-order valence-electron chi connectivity index (χ2n) is 5.45. The Kier molecular flexibility index (Phi) is 4.38. The fraction of sp³-hybridized carbons (Fsp3) is 0.312. The lowest BCUT2D eigenvalue weighted by Crippen LogP contribution is -2.35. The van der Waals surface area contributed by atoms with Gasteiger partial charge in [0.2, 0.25) is 0 Å². The molecule has 1 aromatic heterocycles. The van der Waals surface area contributed by atoms with E-state index < -0.39 is 15.7 Å². The van der Waals surface area contributed by atoms with Crippen molar-refractivity contribution in [3.8, 4) is 5.75 Å². The van der Waals surface area contributed by atoms with Crippen LogP contribution in [0.1, 0.15) is 22.5 Å². The monoisotopic (exact) mass is 335 g/mol. The molecule has 0 spiro atoms. The lowest BCUT2D eigenvalue weighted by atomic mass is 10.2. The van der Waals surface area contributed by atoms with E-state index in [0.717, 1.165) is 0 Å². The summed E-state index contributed by atoms with van der Waals surface area (Å²) >= 11 is 0. The van der Waals surface area contributed by atoms with Crippen LogP contribution in [0.5, 0.6) is 5.75 Å². The number of ether oxygens (including phenoxy) is 1. The molecule has 1 atom stereocenters. The third-order valence-corrected chi connectivity index (χ3v) is 5.43. The van der Waals surface area contributed by atoms with Gasteiger partial charge in [-0.25, -0.2) is 8.42 Å². The molecular formula is C16H17NO5S. The van der Waals surface area contributed by atoms with E-state index in [1.165, 1.54) is 6.26 Å². The molecule has 2 aromatic rings. The maximum atomic E-state index is 12.2. The van der Waals surface area contributed by atoms with Gasteiger partial charge in [-0.05, 0) is 24.6 Å². The number of rotatable bonds is 5. The maximum absolute atomic E-state index is 12.2. The summed E-state index contributed by atoms with van der Waals surface area (Å²) in [4.78, 5) is 12.2. The van der Waals surface area contributed by atoms with Crippen LogP contribution in [-0.2, 0) is 16.4 Å². The first-order valence-electron chi connectivity index (χ1n) is 7.29. The fourth-order valence-corrected chi connectivity index (χ4v) is 4.16. The van der Waals surface area contributed by atoms with Gasteiger partial charge in [-0.1, -0.05) is 18.2 Å². The number of carbonyl (C=O) groups is 1. The van der Waals surface area contributed by atoms with E-state index in [-0.39, 0.29) is 29.9 Å². The topological polar surface area (TPSA) is 85.6 Å². The van der Waals surface area contributed by atoms with E-state index in [1.807, 2.05) is 30.3 Å². The molecule has 0 saturated carbocycles. The van der Waals surface area contributed by atoms with E-state index in [9.17, 15) is 13.2 Å². The zero-order valence-electron chi connectivity index (χ0n) is 12.4. The van der Waals surface area contributed by atoms with Gasteiger partial charge in [0.05, 0.1) is 17.8 Å². The Labute approximate surface area is 134 Å². The van der Waals surface area contributed by atoms with Crippen LogP contribution < -0.4 is 10.1 Å². The van der Waals surface area contributed by atoms with Crippen LogP contribution >= 0.6 is 0 Å². The third kappa shape index (κ3) is 3.92. The zero-order valence-corrected chi connectivity index (χ0v) is 13.2. The van der Waals surface area contributed by atoms with E-state index in [2.05, 4.69) is 5.32 Å². The predicted molar refractivity (Wildman–Crippen MR) is 84.0 cm³/mol. The quantitative estimate of drug-likeness (QED) is 0.900. The summed E-state index contributed by atoms with van der Waals surface area (Å²) in [6, 6.07) is 10.6. The average molecular weight is 335 g/mol. The Hall–Kier alpha value is -2.28. The molecule has 7 heteroatoms. The molecule has 122 valence electrons. The first kappa shape index (κ1) is 15.6. The lowest BCUT2D eigenvalue weighted by Gasteiger charge is -2.10. The molecule has 23 heavy (non-hydrogen) atoms. The number of carbonyl (C=O) groups excluding carboxylic acids is 1. The van der Waals surface area contributed by atoms with Crippen molar-refractivity contribution in [2.75, 3.05) is 11.5 Å². The standard InChI is InChI=1S/C16H17NO5S/c18-16(17-13-7-9-23(19,20)11-13)15-12(6-8-21-15)10-22-14-4-2-1-3-5-14/h1-6,8,13H,7,9-11H2,(H,17,18)/t13-/m1/s1. The molecule has 1 aliphatic heterocycles. The van der Waals surface area contributed by atoms with Crippen LogP contribution in [0.2, 0.25) is 0 Å². The number of hydrogen-bond acceptors (Lipinski definition) is 5. The SMILES string of the molecule is O=C(N[C@@H]1CCS(=O)(=O)C1)c1occc1COc1ccccc1. The molecule has 0 bridgehead atoms. The molecule has 0 radical (unpaired) electrons. The van der Waals surface area contributed by atoms with Crippen molar-refractivity contribution in [1.82, 2.24) is 5.32 Å². The summed E-state index contributed by atoms with van der Waals surface area (Å²) in [5.41, 5.74) is 0.618. The van der Waals surface area contributed by atoms with Crippen molar-refractivity contribution in [3.63, 3.8) is 0 Å². The summed E-state index contributed by atoms with van der Waals surface area (Å²) in [5.74, 6) is 0.533. The van der Waals surface area contributed by atoms with Crippen molar-refractivity contribution in [3.05, 3.63) is 54.0 Å². The molecule has 6 nitrogen and oxygen atoms in total. The number of benzene rings is 1. The first-order chi connectivity index (χ1) is 11.0.